The van der Waals surface area contributed by atoms with Crippen molar-refractivity contribution < 1.29 is 80.1 Å². The Morgan fingerprint density at radius 3 is 1.64 bits per heavy atom. The van der Waals surface area contributed by atoms with Crippen LogP contribution in [0.15, 0.2) is 0 Å². The van der Waals surface area contributed by atoms with Crippen LogP contribution in [0.1, 0.15) is 0 Å². The molecule has 0 atom stereocenters. The van der Waals surface area contributed by atoms with Crippen molar-refractivity contribution in [3.8, 4) is 0 Å². The summed E-state index contributed by atoms with van der Waals surface area (Å²) >= 11 is 0. The number of amides is 1. The van der Waals surface area contributed by atoms with Crippen molar-refractivity contribution in [2.45, 2.75) is 0 Å². The molecule has 2 radical (unpaired) electrons. The molecule has 0 aliphatic carbocycles. The summed E-state index contributed by atoms with van der Waals surface area (Å²) in [6.07, 6.45) is -0.995. The minimum Gasteiger partial charge on any atom is -0.465 e. The van der Waals surface area contributed by atoms with Gasteiger partial charge in [0.15, 0.2) is 0 Å². The van der Waals surface area contributed by atoms with E-state index in [1.807, 2.05) is 5.32 Å². The average molecular weight is 312 g/mol. The summed E-state index contributed by atoms with van der Waals surface area (Å²) in [5.41, 5.74) is 0. The summed E-state index contributed by atoms with van der Waals surface area (Å²) in [6, 6.07) is 0. The molecule has 4 nitrogen and oxygen atoms in total. The third-order valence-corrected chi connectivity index (χ3v) is 0.418. The molecule has 0 unspecified atom stereocenters. The third kappa shape index (κ3) is 51.7. The summed E-state index contributed by atoms with van der Waals surface area (Å²) < 4.78 is 4.50. The van der Waals surface area contributed by atoms with E-state index in [2.05, 4.69) is 4.74 Å². The van der Waals surface area contributed by atoms with Gasteiger partial charge in [-0.2, -0.15) is 0 Å². The Morgan fingerprint density at radius 1 is 1.45 bits per heavy atom. The molecule has 6 heteroatoms. The molecule has 1 fully saturated rings. The van der Waals surface area contributed by atoms with E-state index in [4.69, 9.17) is 5.11 Å². The number of ether oxygens (including phenoxy) is 1. The maximum absolute atomic E-state index is 9.26. The molecule has 0 saturated carbocycles. The van der Waals surface area contributed by atoms with Gasteiger partial charge in [-0.15, -0.1) is 0 Å². The molecule has 1 aliphatic heterocycles. The zero-order valence-corrected chi connectivity index (χ0v) is 12.5. The number of hydrogen-bond acceptors (Lipinski definition) is 2. The van der Waals surface area contributed by atoms with E-state index in [1.54, 1.807) is 0 Å². The van der Waals surface area contributed by atoms with Crippen LogP contribution in [-0.2, 0) is 70.2 Å². The van der Waals surface area contributed by atoms with Crippen LogP contribution < -0.4 is 5.32 Å². The molecule has 1 saturated heterocycles. The first kappa shape index (κ1) is 22.9. The number of rotatable bonds is 0. The quantitative estimate of drug-likeness (QED) is 0.501. The second-order valence-corrected chi connectivity index (χ2v) is 1.17. The number of epoxide rings is 1. The topological polar surface area (TPSA) is 61.9 Å². The van der Waals surface area contributed by atoms with Gasteiger partial charge in [-0.1, -0.05) is 0 Å². The van der Waals surface area contributed by atoms with Crippen LogP contribution in [0.5, 0.6) is 0 Å². The normalized spacial score (nSPS) is 9.55. The Hall–Kier alpha value is 1.44. The minimum atomic E-state index is -0.995. The zero-order chi connectivity index (χ0) is 6.41. The maximum atomic E-state index is 9.26. The van der Waals surface area contributed by atoms with E-state index in [0.717, 1.165) is 13.2 Å². The Kier molecular flexibility index (Phi) is 36.4. The molecule has 1 aliphatic rings. The molecule has 0 spiro atoms. The number of carboxylic acid groups (broad SMARTS) is 1. The van der Waals surface area contributed by atoms with Gasteiger partial charge in [0.05, 0.1) is 13.2 Å². The first-order valence-electron chi connectivity index (χ1n) is 2.26. The second kappa shape index (κ2) is 17.5. The Labute approximate surface area is 118 Å². The fourth-order valence-electron chi connectivity index (χ4n) is 0. The van der Waals surface area contributed by atoms with Crippen molar-refractivity contribution in [3.05, 3.63) is 7.43 Å². The molecule has 1 amide bonds. The smallest absolute Gasteiger partial charge is 0.404 e. The van der Waals surface area contributed by atoms with Crippen molar-refractivity contribution in [3.63, 3.8) is 0 Å². The largest absolute Gasteiger partial charge is 0.465 e. The van der Waals surface area contributed by atoms with Gasteiger partial charge in [0.25, 0.3) is 0 Å². The van der Waals surface area contributed by atoms with Crippen molar-refractivity contribution >= 4 is 6.09 Å². The SMILES string of the molecule is C1CO1.CNC(=O)O.[CH3-].[Y].[Y]. The fourth-order valence-corrected chi connectivity index (χ4v) is 0. The predicted molar refractivity (Wildman–Crippen MR) is 34.3 cm³/mol. The molecule has 1 heterocycles. The molecule has 0 aromatic carbocycles. The van der Waals surface area contributed by atoms with Crippen molar-refractivity contribution in [1.82, 2.24) is 5.32 Å². The molecule has 0 aromatic heterocycles. The van der Waals surface area contributed by atoms with Gasteiger partial charge in [0, 0.05) is 72.5 Å². The van der Waals surface area contributed by atoms with Crippen LogP contribution in [0.2, 0.25) is 0 Å². The summed E-state index contributed by atoms with van der Waals surface area (Å²) in [7, 11) is 1.35. The summed E-state index contributed by atoms with van der Waals surface area (Å²) in [5, 5.41) is 9.56. The number of nitrogens with one attached hydrogen (secondary N) is 1. The third-order valence-electron chi connectivity index (χ3n) is 0.418. The van der Waals surface area contributed by atoms with Crippen LogP contribution in [0.4, 0.5) is 4.79 Å². The van der Waals surface area contributed by atoms with E-state index < -0.39 is 6.09 Å². The van der Waals surface area contributed by atoms with Gasteiger partial charge in [-0.25, -0.2) is 4.79 Å². The van der Waals surface area contributed by atoms with Crippen LogP contribution in [0, 0.1) is 7.43 Å². The monoisotopic (exact) mass is 312 g/mol. The van der Waals surface area contributed by atoms with E-state index in [9.17, 15) is 4.79 Å². The first-order valence-corrected chi connectivity index (χ1v) is 2.26. The summed E-state index contributed by atoms with van der Waals surface area (Å²) in [4.78, 5) is 9.26. The van der Waals surface area contributed by atoms with E-state index in [1.165, 1.54) is 7.05 Å². The minimum absolute atomic E-state index is 0. The van der Waals surface area contributed by atoms with Crippen LogP contribution in [0.25, 0.3) is 0 Å². The zero-order valence-electron chi connectivity index (χ0n) is 6.83. The molecule has 1 rings (SSSR count). The Morgan fingerprint density at radius 2 is 1.64 bits per heavy atom. The van der Waals surface area contributed by atoms with Crippen LogP contribution in [0.3, 0.4) is 0 Å². The average Bonchev–Trinajstić information content (AvgIpc) is 2.48. The summed E-state index contributed by atoms with van der Waals surface area (Å²) in [5.74, 6) is 0. The number of hydrogen-bond donors (Lipinski definition) is 2. The van der Waals surface area contributed by atoms with Crippen molar-refractivity contribution in [2.24, 2.45) is 0 Å². The molecule has 11 heavy (non-hydrogen) atoms. The van der Waals surface area contributed by atoms with E-state index in [-0.39, 0.29) is 72.8 Å². The molecule has 0 aromatic rings. The van der Waals surface area contributed by atoms with E-state index >= 15 is 0 Å². The van der Waals surface area contributed by atoms with Gasteiger partial charge in [0.1, 0.15) is 0 Å². The summed E-state index contributed by atoms with van der Waals surface area (Å²) in [6.45, 7) is 2.00. The maximum Gasteiger partial charge on any atom is 0.404 e. The standard InChI is InChI=1S/C2H5NO2.C2H4O.CH3.2Y/c1-3-2(4)5;1-2-3-1;;;/h3H,1H3,(H,4,5);1-2H2;1H3;;/q;;-1;;. The Bertz CT molecular complexity index is 77.4. The number of carbonyl (C=O) groups is 1. The van der Waals surface area contributed by atoms with E-state index in [0.29, 0.717) is 0 Å². The predicted octanol–water partition coefficient (Wildman–Crippen LogP) is 0.346. The van der Waals surface area contributed by atoms with Gasteiger partial charge in [-0.3, -0.25) is 0 Å². The Balaban J connectivity index is -0.0000000365. The van der Waals surface area contributed by atoms with Crippen molar-refractivity contribution in [2.75, 3.05) is 20.3 Å². The van der Waals surface area contributed by atoms with Gasteiger partial charge < -0.3 is 22.6 Å². The fraction of sp³-hybridized carbons (Fsp3) is 0.600. The van der Waals surface area contributed by atoms with Gasteiger partial charge in [0.2, 0.25) is 0 Å². The molecule has 62 valence electrons. The van der Waals surface area contributed by atoms with Crippen molar-refractivity contribution in [1.29, 1.82) is 0 Å². The molecular formula is C5H12NO3Y2-. The molecule has 2 N–H and O–H groups in total. The van der Waals surface area contributed by atoms with Crippen LogP contribution in [-0.4, -0.2) is 31.5 Å². The van der Waals surface area contributed by atoms with Gasteiger partial charge in [-0.05, 0) is 0 Å². The second-order valence-electron chi connectivity index (χ2n) is 1.17. The first-order chi connectivity index (χ1) is 3.77. The van der Waals surface area contributed by atoms with Crippen LogP contribution >= 0.6 is 0 Å². The molecular weight excluding hydrogens is 300 g/mol. The van der Waals surface area contributed by atoms with Gasteiger partial charge >= 0.3 is 6.09 Å². The molecule has 0 bridgehead atoms.